The first-order chi connectivity index (χ1) is 8.77. The molecule has 91 valence electrons. The minimum atomic E-state index is -0.977. The number of rotatable bonds is 2. The van der Waals surface area contributed by atoms with Crippen molar-refractivity contribution in [2.24, 2.45) is 0 Å². The van der Waals surface area contributed by atoms with E-state index in [0.717, 1.165) is 16.6 Å². The van der Waals surface area contributed by atoms with Crippen LogP contribution in [0.5, 0.6) is 0 Å². The predicted molar refractivity (Wildman–Crippen MR) is 69.1 cm³/mol. The molecule has 0 spiro atoms. The molecule has 0 saturated heterocycles. The number of carbonyl (C=O) groups is 1. The first-order valence-corrected chi connectivity index (χ1v) is 5.59. The predicted octanol–water partition coefficient (Wildman–Crippen LogP) is 3.13. The molecule has 3 rings (SSSR count). The average Bonchev–Trinajstić information content (AvgIpc) is 2.79. The smallest absolute Gasteiger partial charge is 0.272 e. The van der Waals surface area contributed by atoms with E-state index in [1.807, 2.05) is 54.6 Å². The number of para-hydroxylation sites is 2. The number of hydrogen-bond donors (Lipinski definition) is 1. The molecule has 3 nitrogen and oxygen atoms in total. The van der Waals surface area contributed by atoms with Crippen LogP contribution in [-0.4, -0.2) is 15.6 Å². The maximum atomic E-state index is 11.3. The fourth-order valence-corrected chi connectivity index (χ4v) is 2.07. The Balaban J connectivity index is 0.00000133. The molecule has 0 atom stereocenters. The van der Waals surface area contributed by atoms with Crippen molar-refractivity contribution in [2.45, 2.75) is 0 Å². The SMILES string of the molecule is O=C(O)c1[c-]c2ccccc2n1-c1ccccc1.[Y]. The summed E-state index contributed by atoms with van der Waals surface area (Å²) in [6.45, 7) is 0. The maximum absolute atomic E-state index is 11.3. The molecule has 0 bridgehead atoms. The Bertz CT molecular complexity index is 719. The van der Waals surface area contributed by atoms with Crippen molar-refractivity contribution in [2.75, 3.05) is 0 Å². The fourth-order valence-electron chi connectivity index (χ4n) is 2.07. The molecule has 3 aromatic rings. The van der Waals surface area contributed by atoms with Gasteiger partial charge in [-0.05, 0) is 17.6 Å². The van der Waals surface area contributed by atoms with Crippen LogP contribution in [0.15, 0.2) is 54.6 Å². The van der Waals surface area contributed by atoms with Gasteiger partial charge in [-0.25, -0.2) is 0 Å². The molecule has 1 radical (unpaired) electrons. The summed E-state index contributed by atoms with van der Waals surface area (Å²) in [4.78, 5) is 11.3. The van der Waals surface area contributed by atoms with Crippen molar-refractivity contribution in [1.82, 2.24) is 4.57 Å². The Hall–Kier alpha value is -1.45. The second kappa shape index (κ2) is 5.68. The minimum absolute atomic E-state index is 0. The van der Waals surface area contributed by atoms with Crippen molar-refractivity contribution in [1.29, 1.82) is 0 Å². The van der Waals surface area contributed by atoms with Crippen LogP contribution < -0.4 is 0 Å². The third kappa shape index (κ3) is 2.49. The molecule has 0 aliphatic carbocycles. The number of carboxylic acid groups (broad SMARTS) is 1. The molecule has 1 heterocycles. The van der Waals surface area contributed by atoms with Crippen LogP contribution >= 0.6 is 0 Å². The topological polar surface area (TPSA) is 42.2 Å². The zero-order valence-corrected chi connectivity index (χ0v) is 12.9. The van der Waals surface area contributed by atoms with Gasteiger partial charge in [0.1, 0.15) is 0 Å². The Labute approximate surface area is 135 Å². The van der Waals surface area contributed by atoms with Gasteiger partial charge in [0.05, 0.1) is 0 Å². The van der Waals surface area contributed by atoms with Crippen LogP contribution in [0.3, 0.4) is 0 Å². The van der Waals surface area contributed by atoms with Crippen molar-refractivity contribution in [3.05, 3.63) is 66.4 Å². The summed E-state index contributed by atoms with van der Waals surface area (Å²) >= 11 is 0. The van der Waals surface area contributed by atoms with Gasteiger partial charge in [-0.15, -0.1) is 23.6 Å². The molecule has 2 aromatic carbocycles. The summed E-state index contributed by atoms with van der Waals surface area (Å²) in [6.07, 6.45) is 0. The zero-order valence-electron chi connectivity index (χ0n) is 10.1. The van der Waals surface area contributed by atoms with E-state index in [1.165, 1.54) is 0 Å². The molecule has 0 fully saturated rings. The largest absolute Gasteiger partial charge is 0.520 e. The molecule has 1 aromatic heterocycles. The van der Waals surface area contributed by atoms with E-state index in [9.17, 15) is 9.90 Å². The van der Waals surface area contributed by atoms with Crippen LogP contribution in [-0.2, 0) is 32.7 Å². The normalized spacial score (nSPS) is 10.1. The van der Waals surface area contributed by atoms with Crippen molar-refractivity contribution < 1.29 is 42.6 Å². The van der Waals surface area contributed by atoms with Gasteiger partial charge < -0.3 is 14.5 Å². The number of fused-ring (bicyclic) bond motifs is 1. The van der Waals surface area contributed by atoms with Crippen molar-refractivity contribution in [3.8, 4) is 5.69 Å². The number of benzene rings is 2. The molecular weight excluding hydrogens is 315 g/mol. The summed E-state index contributed by atoms with van der Waals surface area (Å²) in [7, 11) is 0. The second-order valence-corrected chi connectivity index (χ2v) is 3.97. The molecule has 0 amide bonds. The summed E-state index contributed by atoms with van der Waals surface area (Å²) < 4.78 is 1.71. The Kier molecular flexibility index (Phi) is 4.18. The first kappa shape index (κ1) is 14.0. The van der Waals surface area contributed by atoms with Crippen LogP contribution in [0.25, 0.3) is 16.6 Å². The monoisotopic (exact) mass is 325 g/mol. The average molecular weight is 325 g/mol. The minimum Gasteiger partial charge on any atom is -0.520 e. The van der Waals surface area contributed by atoms with Gasteiger partial charge in [0.2, 0.25) is 0 Å². The van der Waals surface area contributed by atoms with Gasteiger partial charge in [0, 0.05) is 44.1 Å². The van der Waals surface area contributed by atoms with Gasteiger partial charge in [0.25, 0.3) is 5.97 Å². The van der Waals surface area contributed by atoms with Crippen LogP contribution in [0, 0.1) is 6.07 Å². The van der Waals surface area contributed by atoms with Crippen LogP contribution in [0.1, 0.15) is 10.5 Å². The van der Waals surface area contributed by atoms with Crippen LogP contribution in [0.4, 0.5) is 0 Å². The van der Waals surface area contributed by atoms with Gasteiger partial charge in [0.15, 0.2) is 0 Å². The van der Waals surface area contributed by atoms with E-state index in [1.54, 1.807) is 4.57 Å². The van der Waals surface area contributed by atoms with Gasteiger partial charge in [-0.2, -0.15) is 0 Å². The molecule has 0 saturated carbocycles. The number of hydrogen-bond acceptors (Lipinski definition) is 1. The molecule has 0 aliphatic heterocycles. The maximum Gasteiger partial charge on any atom is 0.272 e. The standard InChI is InChI=1S/C15H10NO2.Y/c17-15(18)14-10-11-6-4-5-9-13(11)16(14)12-7-2-1-3-8-12;/h1-9H,(H,17,18);/q-1;. The number of nitrogens with zero attached hydrogens (tertiary/aromatic N) is 1. The summed E-state index contributed by atoms with van der Waals surface area (Å²) in [5.74, 6) is -0.977. The summed E-state index contributed by atoms with van der Waals surface area (Å²) in [5, 5.41) is 10.1. The van der Waals surface area contributed by atoms with Crippen molar-refractivity contribution in [3.63, 3.8) is 0 Å². The Morgan fingerprint density at radius 1 is 1.00 bits per heavy atom. The molecule has 0 unspecified atom stereocenters. The Morgan fingerprint density at radius 3 is 2.32 bits per heavy atom. The molecule has 0 aliphatic rings. The molecule has 4 heteroatoms. The van der Waals surface area contributed by atoms with E-state index in [0.29, 0.717) is 0 Å². The fraction of sp³-hybridized carbons (Fsp3) is 0. The van der Waals surface area contributed by atoms with Gasteiger partial charge >= 0.3 is 0 Å². The quantitative estimate of drug-likeness (QED) is 0.736. The van der Waals surface area contributed by atoms with Gasteiger partial charge in [-0.3, -0.25) is 0 Å². The van der Waals surface area contributed by atoms with Gasteiger partial charge in [-0.1, -0.05) is 30.3 Å². The van der Waals surface area contributed by atoms with E-state index in [2.05, 4.69) is 6.07 Å². The molecule has 19 heavy (non-hydrogen) atoms. The summed E-state index contributed by atoms with van der Waals surface area (Å²) in [6, 6.07) is 19.9. The third-order valence-electron chi connectivity index (χ3n) is 2.84. The third-order valence-corrected chi connectivity index (χ3v) is 2.84. The molecule has 1 N–H and O–H groups in total. The van der Waals surface area contributed by atoms with E-state index in [4.69, 9.17) is 0 Å². The van der Waals surface area contributed by atoms with E-state index >= 15 is 0 Å². The molecular formula is C15H10NO2Y-. The number of aromatic nitrogens is 1. The van der Waals surface area contributed by atoms with E-state index in [-0.39, 0.29) is 38.4 Å². The summed E-state index contributed by atoms with van der Waals surface area (Å²) in [5.41, 5.74) is 1.83. The number of aromatic carboxylic acids is 1. The Morgan fingerprint density at radius 2 is 1.63 bits per heavy atom. The van der Waals surface area contributed by atoms with Crippen LogP contribution in [0.2, 0.25) is 0 Å². The first-order valence-electron chi connectivity index (χ1n) is 5.59. The number of carboxylic acids is 1. The van der Waals surface area contributed by atoms with E-state index < -0.39 is 5.97 Å². The second-order valence-electron chi connectivity index (χ2n) is 3.97. The zero-order chi connectivity index (χ0) is 12.5. The van der Waals surface area contributed by atoms with Crippen molar-refractivity contribution >= 4 is 16.9 Å².